The molecule has 4 nitrogen and oxygen atoms in total. The lowest BCUT2D eigenvalue weighted by Crippen LogP contribution is -2.27. The zero-order valence-corrected chi connectivity index (χ0v) is 13.4. The maximum absolute atomic E-state index is 12.6. The predicted octanol–water partition coefficient (Wildman–Crippen LogP) is 3.55. The second-order valence-electron chi connectivity index (χ2n) is 5.78. The number of nitrogens with one attached hydrogen (secondary N) is 1. The fourth-order valence-corrected chi connectivity index (χ4v) is 3.02. The van der Waals surface area contributed by atoms with Crippen LogP contribution in [-0.4, -0.2) is 18.4 Å². The van der Waals surface area contributed by atoms with E-state index in [1.807, 2.05) is 56.3 Å². The van der Waals surface area contributed by atoms with Crippen LogP contribution in [0, 0.1) is 6.92 Å². The zero-order chi connectivity index (χ0) is 16.4. The van der Waals surface area contributed by atoms with Crippen molar-refractivity contribution in [2.75, 3.05) is 16.8 Å². The smallest absolute Gasteiger partial charge is 0.256 e. The molecule has 118 valence electrons. The third-order valence-electron chi connectivity index (χ3n) is 4.15. The minimum absolute atomic E-state index is 0.0972. The summed E-state index contributed by atoms with van der Waals surface area (Å²) in [6.45, 7) is 4.50. The molecule has 0 saturated heterocycles. The summed E-state index contributed by atoms with van der Waals surface area (Å²) in [7, 11) is 0. The first kappa shape index (κ1) is 15.3. The largest absolute Gasteiger partial charge is 0.322 e. The summed E-state index contributed by atoms with van der Waals surface area (Å²) in [5.41, 5.74) is 4.36. The van der Waals surface area contributed by atoms with Crippen molar-refractivity contribution < 1.29 is 9.59 Å². The van der Waals surface area contributed by atoms with Gasteiger partial charge in [-0.2, -0.15) is 0 Å². The van der Waals surface area contributed by atoms with Crippen molar-refractivity contribution in [1.82, 2.24) is 0 Å². The number of nitrogens with zero attached hydrogens (tertiary/aromatic N) is 1. The Hall–Kier alpha value is -2.62. The lowest BCUT2D eigenvalue weighted by Gasteiger charge is -2.17. The van der Waals surface area contributed by atoms with Gasteiger partial charge in [-0.25, -0.2) is 0 Å². The number of carbonyl (C=O) groups excluding carboxylic acids is 2. The van der Waals surface area contributed by atoms with Gasteiger partial charge in [0.05, 0.1) is 0 Å². The van der Waals surface area contributed by atoms with E-state index in [1.54, 1.807) is 4.90 Å². The van der Waals surface area contributed by atoms with Crippen molar-refractivity contribution in [2.24, 2.45) is 0 Å². The van der Waals surface area contributed by atoms with Gasteiger partial charge in [-0.05, 0) is 48.7 Å². The number of amides is 2. The maximum atomic E-state index is 12.6. The number of hydrogen-bond acceptors (Lipinski definition) is 2. The minimum atomic E-state index is -0.127. The average molecular weight is 308 g/mol. The van der Waals surface area contributed by atoms with Crippen LogP contribution >= 0.6 is 0 Å². The van der Waals surface area contributed by atoms with Gasteiger partial charge in [0.15, 0.2) is 0 Å². The molecular formula is C19H20N2O2. The molecular weight excluding hydrogens is 288 g/mol. The summed E-state index contributed by atoms with van der Waals surface area (Å²) in [6.07, 6.45) is 1.19. The van der Waals surface area contributed by atoms with Crippen LogP contribution in [0.2, 0.25) is 0 Å². The van der Waals surface area contributed by atoms with Crippen molar-refractivity contribution in [2.45, 2.75) is 26.7 Å². The summed E-state index contributed by atoms with van der Waals surface area (Å²) >= 11 is 0. The highest BCUT2D eigenvalue weighted by molar-refractivity contribution is 6.07. The Kier molecular flexibility index (Phi) is 4.15. The maximum Gasteiger partial charge on any atom is 0.256 e. The van der Waals surface area contributed by atoms with E-state index in [-0.39, 0.29) is 11.8 Å². The quantitative estimate of drug-likeness (QED) is 0.942. The molecule has 0 unspecified atom stereocenters. The van der Waals surface area contributed by atoms with Crippen LogP contribution < -0.4 is 10.2 Å². The normalized spacial score (nSPS) is 12.9. The van der Waals surface area contributed by atoms with Gasteiger partial charge in [0.1, 0.15) is 0 Å². The highest BCUT2D eigenvalue weighted by Crippen LogP contribution is 2.31. The summed E-state index contributed by atoms with van der Waals surface area (Å²) in [5.74, 6) is -0.0294. The first-order chi connectivity index (χ1) is 11.1. The summed E-state index contributed by atoms with van der Waals surface area (Å²) in [4.78, 5) is 26.4. The topological polar surface area (TPSA) is 49.4 Å². The molecule has 2 aromatic rings. The van der Waals surface area contributed by atoms with E-state index in [0.717, 1.165) is 28.9 Å². The SMILES string of the molecule is CCC(=O)N1CCc2c(C(=O)Nc3cccc(C)c3)cccc21. The number of fused-ring (bicyclic) bond motifs is 1. The number of hydrogen-bond donors (Lipinski definition) is 1. The fraction of sp³-hybridized carbons (Fsp3) is 0.263. The molecule has 2 amide bonds. The number of carbonyl (C=O) groups is 2. The Morgan fingerprint density at radius 3 is 2.70 bits per heavy atom. The van der Waals surface area contributed by atoms with Gasteiger partial charge in [-0.1, -0.05) is 25.1 Å². The van der Waals surface area contributed by atoms with Gasteiger partial charge < -0.3 is 10.2 Å². The van der Waals surface area contributed by atoms with Gasteiger partial charge in [0.2, 0.25) is 5.91 Å². The second-order valence-corrected chi connectivity index (χ2v) is 5.78. The van der Waals surface area contributed by atoms with Crippen molar-refractivity contribution in [3.63, 3.8) is 0 Å². The monoisotopic (exact) mass is 308 g/mol. The van der Waals surface area contributed by atoms with Gasteiger partial charge in [-0.15, -0.1) is 0 Å². The summed E-state index contributed by atoms with van der Waals surface area (Å²) in [6, 6.07) is 13.3. The van der Waals surface area contributed by atoms with E-state index in [4.69, 9.17) is 0 Å². The lowest BCUT2D eigenvalue weighted by atomic mass is 10.0. The van der Waals surface area contributed by atoms with Crippen molar-refractivity contribution in [3.05, 3.63) is 59.2 Å². The van der Waals surface area contributed by atoms with Crippen LogP contribution in [-0.2, 0) is 11.2 Å². The highest BCUT2D eigenvalue weighted by atomic mass is 16.2. The van der Waals surface area contributed by atoms with E-state index in [2.05, 4.69) is 5.32 Å². The van der Waals surface area contributed by atoms with Crippen LogP contribution in [0.3, 0.4) is 0 Å². The molecule has 0 atom stereocenters. The Balaban J connectivity index is 1.88. The average Bonchev–Trinajstić information content (AvgIpc) is 2.98. The van der Waals surface area contributed by atoms with Crippen molar-refractivity contribution in [1.29, 1.82) is 0 Å². The van der Waals surface area contributed by atoms with E-state index >= 15 is 0 Å². The molecule has 0 fully saturated rings. The number of benzene rings is 2. The summed E-state index contributed by atoms with van der Waals surface area (Å²) in [5, 5.41) is 2.94. The van der Waals surface area contributed by atoms with Crippen LogP contribution in [0.15, 0.2) is 42.5 Å². The Bertz CT molecular complexity index is 768. The third-order valence-corrected chi connectivity index (χ3v) is 4.15. The summed E-state index contributed by atoms with van der Waals surface area (Å²) < 4.78 is 0. The van der Waals surface area contributed by atoms with E-state index in [0.29, 0.717) is 18.5 Å². The Morgan fingerprint density at radius 1 is 1.17 bits per heavy atom. The van der Waals surface area contributed by atoms with Gasteiger partial charge in [-0.3, -0.25) is 9.59 Å². The zero-order valence-electron chi connectivity index (χ0n) is 13.4. The lowest BCUT2D eigenvalue weighted by molar-refractivity contribution is -0.118. The fourth-order valence-electron chi connectivity index (χ4n) is 3.02. The number of aryl methyl sites for hydroxylation is 1. The van der Waals surface area contributed by atoms with Gasteiger partial charge in [0.25, 0.3) is 5.91 Å². The highest BCUT2D eigenvalue weighted by Gasteiger charge is 2.27. The van der Waals surface area contributed by atoms with E-state index in [1.165, 1.54) is 0 Å². The predicted molar refractivity (Wildman–Crippen MR) is 91.9 cm³/mol. The third kappa shape index (κ3) is 2.97. The number of rotatable bonds is 3. The molecule has 1 N–H and O–H groups in total. The number of anilines is 2. The minimum Gasteiger partial charge on any atom is -0.322 e. The second kappa shape index (κ2) is 6.24. The Morgan fingerprint density at radius 2 is 1.96 bits per heavy atom. The van der Waals surface area contributed by atoms with E-state index in [9.17, 15) is 9.59 Å². The van der Waals surface area contributed by atoms with Crippen LogP contribution in [0.25, 0.3) is 0 Å². The van der Waals surface area contributed by atoms with Crippen LogP contribution in [0.4, 0.5) is 11.4 Å². The Labute approximate surface area is 136 Å². The first-order valence-electron chi connectivity index (χ1n) is 7.90. The standard InChI is InChI=1S/C19H20N2O2/c1-3-18(22)21-11-10-15-16(8-5-9-17(15)21)19(23)20-14-7-4-6-13(2)12-14/h4-9,12H,3,10-11H2,1-2H3,(H,20,23). The van der Waals surface area contributed by atoms with Crippen LogP contribution in [0.5, 0.6) is 0 Å². The van der Waals surface area contributed by atoms with Gasteiger partial charge >= 0.3 is 0 Å². The molecule has 0 aromatic heterocycles. The molecule has 0 bridgehead atoms. The molecule has 1 heterocycles. The molecule has 23 heavy (non-hydrogen) atoms. The molecule has 2 aromatic carbocycles. The van der Waals surface area contributed by atoms with Crippen molar-refractivity contribution in [3.8, 4) is 0 Å². The first-order valence-corrected chi connectivity index (χ1v) is 7.90. The molecule has 0 saturated carbocycles. The molecule has 3 rings (SSSR count). The molecule has 0 aliphatic carbocycles. The molecule has 0 spiro atoms. The molecule has 1 aliphatic rings. The van der Waals surface area contributed by atoms with Crippen molar-refractivity contribution >= 4 is 23.2 Å². The van der Waals surface area contributed by atoms with E-state index < -0.39 is 0 Å². The van der Waals surface area contributed by atoms with Gasteiger partial charge in [0, 0.05) is 29.9 Å². The molecule has 1 aliphatic heterocycles. The molecule has 0 radical (unpaired) electrons. The van der Waals surface area contributed by atoms with Crippen LogP contribution in [0.1, 0.15) is 34.8 Å². The molecule has 4 heteroatoms.